The Morgan fingerprint density at radius 1 is 1.00 bits per heavy atom. The summed E-state index contributed by atoms with van der Waals surface area (Å²) < 4.78 is 7.50. The smallest absolute Gasteiger partial charge is 0.254 e. The molecule has 0 bridgehead atoms. The first-order valence-electron chi connectivity index (χ1n) is 13.6. The van der Waals surface area contributed by atoms with Crippen molar-refractivity contribution in [1.82, 2.24) is 19.8 Å². The molecule has 0 spiro atoms. The molecule has 2 aromatic carbocycles. The molecule has 2 fully saturated rings. The second-order valence-corrected chi connectivity index (χ2v) is 11.9. The highest BCUT2D eigenvalue weighted by Crippen LogP contribution is 2.39. The predicted molar refractivity (Wildman–Crippen MR) is 153 cm³/mol. The molecular formula is C31H37BrN4O2. The number of carbonyl (C=O) groups is 1. The highest BCUT2D eigenvalue weighted by atomic mass is 79.9. The second-order valence-electron chi connectivity index (χ2n) is 11.0. The molecule has 0 N–H and O–H groups in total. The number of rotatable bonds is 6. The third-order valence-electron chi connectivity index (χ3n) is 8.54. The monoisotopic (exact) mass is 576 g/mol. The Morgan fingerprint density at radius 3 is 2.26 bits per heavy atom. The van der Waals surface area contributed by atoms with Gasteiger partial charge in [-0.2, -0.15) is 0 Å². The van der Waals surface area contributed by atoms with Gasteiger partial charge in [0.05, 0.1) is 6.20 Å². The Morgan fingerprint density at radius 2 is 1.66 bits per heavy atom. The molecule has 38 heavy (non-hydrogen) atoms. The van der Waals surface area contributed by atoms with Crippen LogP contribution in [-0.4, -0.2) is 57.4 Å². The minimum atomic E-state index is -0.0634. The van der Waals surface area contributed by atoms with Crippen molar-refractivity contribution in [3.63, 3.8) is 0 Å². The Labute approximate surface area is 234 Å². The molecule has 2 saturated heterocycles. The van der Waals surface area contributed by atoms with E-state index in [1.807, 2.05) is 32.0 Å². The third kappa shape index (κ3) is 5.79. The lowest BCUT2D eigenvalue weighted by Gasteiger charge is -2.50. The highest BCUT2D eigenvalue weighted by molar-refractivity contribution is 9.10. The number of benzene rings is 2. The minimum absolute atomic E-state index is 0.0634. The summed E-state index contributed by atoms with van der Waals surface area (Å²) in [6.45, 7) is 10.1. The molecule has 6 nitrogen and oxygen atoms in total. The quantitative estimate of drug-likeness (QED) is 0.340. The van der Waals surface area contributed by atoms with E-state index in [1.54, 1.807) is 18.6 Å². The SMILES string of the molecule is Cc1cccc(C)c1C(=O)N1CCC(C)(N2CCC(C(Oc3cnccn3)c3ccc(Br)cc3)CC2)CC1. The van der Waals surface area contributed by atoms with Crippen molar-refractivity contribution >= 4 is 21.8 Å². The number of likely N-dealkylation sites (tertiary alicyclic amines) is 2. The Balaban J connectivity index is 1.22. The van der Waals surface area contributed by atoms with Gasteiger partial charge in [0, 0.05) is 47.0 Å². The van der Waals surface area contributed by atoms with Crippen LogP contribution >= 0.6 is 15.9 Å². The van der Waals surface area contributed by atoms with Crippen LogP contribution in [0.1, 0.15) is 65.8 Å². The van der Waals surface area contributed by atoms with Gasteiger partial charge in [-0.25, -0.2) is 4.98 Å². The lowest BCUT2D eigenvalue weighted by Crippen LogP contribution is -2.56. The summed E-state index contributed by atoms with van der Waals surface area (Å²) in [4.78, 5) is 26.6. The number of aryl methyl sites for hydroxylation is 2. The Bertz CT molecular complexity index is 1210. The fraction of sp³-hybridized carbons (Fsp3) is 0.452. The van der Waals surface area contributed by atoms with E-state index in [-0.39, 0.29) is 17.6 Å². The zero-order chi connectivity index (χ0) is 26.7. The van der Waals surface area contributed by atoms with Crippen molar-refractivity contribution in [3.8, 4) is 5.88 Å². The van der Waals surface area contributed by atoms with E-state index >= 15 is 0 Å². The number of amides is 1. The Hall–Kier alpha value is -2.77. The van der Waals surface area contributed by atoms with Gasteiger partial charge in [-0.15, -0.1) is 0 Å². The van der Waals surface area contributed by atoms with Crippen LogP contribution in [0.3, 0.4) is 0 Å². The van der Waals surface area contributed by atoms with Gasteiger partial charge in [-0.05, 0) is 88.4 Å². The number of carbonyl (C=O) groups excluding carboxylic acids is 1. The standard InChI is InChI=1S/C31H37BrN4O2/c1-22-5-4-6-23(2)28(22)30(37)35-19-13-31(3,14-20-35)36-17-11-25(12-18-36)29(24-7-9-26(32)10-8-24)38-27-21-33-15-16-34-27/h4-10,15-16,21,25,29H,11-14,17-20H2,1-3H3. The summed E-state index contributed by atoms with van der Waals surface area (Å²) in [5.74, 6) is 1.14. The van der Waals surface area contributed by atoms with Gasteiger partial charge in [-0.1, -0.05) is 46.3 Å². The molecule has 2 aliphatic rings. The predicted octanol–water partition coefficient (Wildman–Crippen LogP) is 6.38. The number of hydrogen-bond donors (Lipinski definition) is 0. The maximum atomic E-state index is 13.3. The number of halogens is 1. The molecule has 200 valence electrons. The van der Waals surface area contributed by atoms with Gasteiger partial charge in [-0.3, -0.25) is 14.7 Å². The lowest BCUT2D eigenvalue weighted by atomic mass is 9.82. The van der Waals surface area contributed by atoms with Gasteiger partial charge in [0.15, 0.2) is 0 Å². The minimum Gasteiger partial charge on any atom is -0.468 e. The lowest BCUT2D eigenvalue weighted by molar-refractivity contribution is -0.00619. The first-order chi connectivity index (χ1) is 18.3. The van der Waals surface area contributed by atoms with Crippen LogP contribution in [-0.2, 0) is 0 Å². The zero-order valence-corrected chi connectivity index (χ0v) is 24.2. The number of aromatic nitrogens is 2. The molecule has 5 rings (SSSR count). The summed E-state index contributed by atoms with van der Waals surface area (Å²) in [5, 5.41) is 0. The van der Waals surface area contributed by atoms with Gasteiger partial charge < -0.3 is 9.64 Å². The largest absolute Gasteiger partial charge is 0.468 e. The normalized spacial score (nSPS) is 19.2. The summed E-state index contributed by atoms with van der Waals surface area (Å²) in [6, 6.07) is 14.5. The zero-order valence-electron chi connectivity index (χ0n) is 22.6. The second kappa shape index (κ2) is 11.5. The first kappa shape index (κ1) is 26.8. The van der Waals surface area contributed by atoms with Gasteiger partial charge in [0.2, 0.25) is 5.88 Å². The third-order valence-corrected chi connectivity index (χ3v) is 9.07. The fourth-order valence-corrected chi connectivity index (χ4v) is 6.39. The van der Waals surface area contributed by atoms with Crippen LogP contribution in [0.5, 0.6) is 5.88 Å². The molecule has 0 saturated carbocycles. The number of ether oxygens (including phenoxy) is 1. The van der Waals surface area contributed by atoms with Crippen molar-refractivity contribution in [2.45, 2.75) is 58.1 Å². The summed E-state index contributed by atoms with van der Waals surface area (Å²) in [6.07, 6.45) is 9.09. The first-order valence-corrected chi connectivity index (χ1v) is 14.4. The van der Waals surface area contributed by atoms with Crippen molar-refractivity contribution in [2.24, 2.45) is 5.92 Å². The number of piperidine rings is 2. The van der Waals surface area contributed by atoms with Gasteiger partial charge >= 0.3 is 0 Å². The Kier molecular flexibility index (Phi) is 8.15. The maximum Gasteiger partial charge on any atom is 0.254 e. The summed E-state index contributed by atoms with van der Waals surface area (Å²) in [5.41, 5.74) is 4.28. The summed E-state index contributed by atoms with van der Waals surface area (Å²) >= 11 is 3.55. The van der Waals surface area contributed by atoms with Gasteiger partial charge in [0.25, 0.3) is 5.91 Å². The van der Waals surface area contributed by atoms with E-state index in [2.05, 4.69) is 66.9 Å². The molecule has 1 amide bonds. The van der Waals surface area contributed by atoms with E-state index in [4.69, 9.17) is 4.74 Å². The average molecular weight is 578 g/mol. The van der Waals surface area contributed by atoms with Crippen LogP contribution in [0, 0.1) is 19.8 Å². The fourth-order valence-electron chi connectivity index (χ4n) is 6.12. The molecular weight excluding hydrogens is 540 g/mol. The van der Waals surface area contributed by atoms with Gasteiger partial charge in [0.1, 0.15) is 6.10 Å². The van der Waals surface area contributed by atoms with E-state index < -0.39 is 0 Å². The maximum absolute atomic E-state index is 13.3. The highest BCUT2D eigenvalue weighted by Gasteiger charge is 2.40. The molecule has 7 heteroatoms. The van der Waals surface area contributed by atoms with Crippen LogP contribution in [0.15, 0.2) is 65.5 Å². The van der Waals surface area contributed by atoms with Crippen molar-refractivity contribution in [3.05, 3.63) is 87.8 Å². The van der Waals surface area contributed by atoms with Crippen LogP contribution < -0.4 is 4.74 Å². The molecule has 2 aliphatic heterocycles. The molecule has 0 radical (unpaired) electrons. The number of nitrogens with zero attached hydrogens (tertiary/aromatic N) is 4. The molecule has 1 aromatic heterocycles. The number of hydrogen-bond acceptors (Lipinski definition) is 5. The molecule has 1 atom stereocenters. The van der Waals surface area contributed by atoms with Crippen LogP contribution in [0.25, 0.3) is 0 Å². The topological polar surface area (TPSA) is 58.6 Å². The molecule has 3 heterocycles. The molecule has 1 unspecified atom stereocenters. The van der Waals surface area contributed by atoms with Crippen molar-refractivity contribution < 1.29 is 9.53 Å². The van der Waals surface area contributed by atoms with Crippen LogP contribution in [0.4, 0.5) is 0 Å². The molecule has 0 aliphatic carbocycles. The van der Waals surface area contributed by atoms with Crippen LogP contribution in [0.2, 0.25) is 0 Å². The van der Waals surface area contributed by atoms with Crippen molar-refractivity contribution in [2.75, 3.05) is 26.2 Å². The van der Waals surface area contributed by atoms with E-state index in [0.717, 1.165) is 73.0 Å². The summed E-state index contributed by atoms with van der Waals surface area (Å²) in [7, 11) is 0. The van der Waals surface area contributed by atoms with E-state index in [0.29, 0.717) is 11.8 Å². The van der Waals surface area contributed by atoms with Crippen molar-refractivity contribution in [1.29, 1.82) is 0 Å². The molecule has 3 aromatic rings. The van der Waals surface area contributed by atoms with E-state index in [9.17, 15) is 4.79 Å². The average Bonchev–Trinajstić information content (AvgIpc) is 2.93. The van der Waals surface area contributed by atoms with E-state index in [1.165, 1.54) is 5.56 Å².